The smallest absolute Gasteiger partial charge is 0.228 e. The minimum atomic E-state index is -0.170. The number of rotatable bonds is 6. The fraction of sp³-hybridized carbons (Fsp3) is 0.278. The molecule has 7 heteroatoms. The van der Waals surface area contributed by atoms with E-state index in [2.05, 4.69) is 15.6 Å². The number of aromatic nitrogens is 3. The van der Waals surface area contributed by atoms with Gasteiger partial charge in [0.2, 0.25) is 5.91 Å². The number of amides is 1. The SMILES string of the molecule is COc1cccc(-n2cc([C@H](C)NC(=O)Cc3cc(C)no3)cn2)c1. The summed E-state index contributed by atoms with van der Waals surface area (Å²) in [5.74, 6) is 1.19. The third-order valence-corrected chi connectivity index (χ3v) is 3.81. The molecule has 0 fully saturated rings. The first-order valence-corrected chi connectivity index (χ1v) is 7.95. The number of methoxy groups -OCH3 is 1. The number of carbonyl (C=O) groups is 1. The summed E-state index contributed by atoms with van der Waals surface area (Å²) < 4.78 is 12.0. The van der Waals surface area contributed by atoms with Crippen molar-refractivity contribution in [2.45, 2.75) is 26.3 Å². The van der Waals surface area contributed by atoms with E-state index >= 15 is 0 Å². The van der Waals surface area contributed by atoms with E-state index < -0.39 is 0 Å². The van der Waals surface area contributed by atoms with Crippen molar-refractivity contribution in [2.24, 2.45) is 0 Å². The lowest BCUT2D eigenvalue weighted by atomic mass is 10.2. The Kier molecular flexibility index (Phi) is 4.83. The van der Waals surface area contributed by atoms with Gasteiger partial charge in [0.15, 0.2) is 0 Å². The van der Waals surface area contributed by atoms with Crippen LogP contribution in [0, 0.1) is 6.92 Å². The summed E-state index contributed by atoms with van der Waals surface area (Å²) in [5, 5.41) is 11.1. The van der Waals surface area contributed by atoms with Gasteiger partial charge in [0.1, 0.15) is 11.5 Å². The zero-order chi connectivity index (χ0) is 17.8. The lowest BCUT2D eigenvalue weighted by Gasteiger charge is -2.11. The van der Waals surface area contributed by atoms with Gasteiger partial charge < -0.3 is 14.6 Å². The number of ether oxygens (including phenoxy) is 1. The summed E-state index contributed by atoms with van der Waals surface area (Å²) in [6.45, 7) is 3.73. The van der Waals surface area contributed by atoms with Crippen molar-refractivity contribution in [3.63, 3.8) is 0 Å². The van der Waals surface area contributed by atoms with E-state index in [1.807, 2.05) is 44.3 Å². The molecule has 1 atom stereocenters. The molecule has 0 aliphatic heterocycles. The van der Waals surface area contributed by atoms with Gasteiger partial charge in [-0.15, -0.1) is 0 Å². The summed E-state index contributed by atoms with van der Waals surface area (Å²) in [6.07, 6.45) is 3.79. The normalized spacial score (nSPS) is 12.0. The van der Waals surface area contributed by atoms with Crippen molar-refractivity contribution < 1.29 is 14.1 Å². The topological polar surface area (TPSA) is 82.2 Å². The van der Waals surface area contributed by atoms with Crippen LogP contribution >= 0.6 is 0 Å². The van der Waals surface area contributed by atoms with Crippen LogP contribution in [0.4, 0.5) is 0 Å². The number of nitrogens with zero attached hydrogens (tertiary/aromatic N) is 3. The molecular weight excluding hydrogens is 320 g/mol. The first kappa shape index (κ1) is 16.8. The molecule has 0 bridgehead atoms. The van der Waals surface area contributed by atoms with Crippen LogP contribution < -0.4 is 10.1 Å². The Morgan fingerprint density at radius 1 is 1.40 bits per heavy atom. The van der Waals surface area contributed by atoms with Gasteiger partial charge in [0, 0.05) is 23.9 Å². The first-order chi connectivity index (χ1) is 12.0. The van der Waals surface area contributed by atoms with Gasteiger partial charge in [-0.2, -0.15) is 5.10 Å². The molecule has 7 nitrogen and oxygen atoms in total. The quantitative estimate of drug-likeness (QED) is 0.746. The monoisotopic (exact) mass is 340 g/mol. The van der Waals surface area contributed by atoms with E-state index in [4.69, 9.17) is 9.26 Å². The zero-order valence-electron chi connectivity index (χ0n) is 14.4. The Hall–Kier alpha value is -3.09. The molecular formula is C18H20N4O3. The van der Waals surface area contributed by atoms with E-state index in [-0.39, 0.29) is 18.4 Å². The highest BCUT2D eigenvalue weighted by Gasteiger charge is 2.14. The van der Waals surface area contributed by atoms with E-state index in [0.29, 0.717) is 5.76 Å². The maximum absolute atomic E-state index is 12.1. The van der Waals surface area contributed by atoms with E-state index in [0.717, 1.165) is 22.7 Å². The first-order valence-electron chi connectivity index (χ1n) is 7.95. The summed E-state index contributed by atoms with van der Waals surface area (Å²) in [7, 11) is 1.63. The van der Waals surface area contributed by atoms with Crippen molar-refractivity contribution in [2.75, 3.05) is 7.11 Å². The molecule has 3 aromatic rings. The minimum absolute atomic E-state index is 0.127. The van der Waals surface area contributed by atoms with Gasteiger partial charge in [0.25, 0.3) is 0 Å². The van der Waals surface area contributed by atoms with E-state index in [1.165, 1.54) is 0 Å². The average molecular weight is 340 g/mol. The summed E-state index contributed by atoms with van der Waals surface area (Å²) in [6, 6.07) is 9.20. The minimum Gasteiger partial charge on any atom is -0.497 e. The Labute approximate surface area is 145 Å². The Bertz CT molecular complexity index is 869. The molecule has 1 aromatic carbocycles. The number of aryl methyl sites for hydroxylation is 1. The molecule has 0 saturated carbocycles. The average Bonchev–Trinajstić information content (AvgIpc) is 3.24. The van der Waals surface area contributed by atoms with Gasteiger partial charge >= 0.3 is 0 Å². The summed E-state index contributed by atoms with van der Waals surface area (Å²) in [5.41, 5.74) is 2.56. The number of benzene rings is 1. The Morgan fingerprint density at radius 3 is 2.96 bits per heavy atom. The highest BCUT2D eigenvalue weighted by molar-refractivity contribution is 5.78. The highest BCUT2D eigenvalue weighted by Crippen LogP contribution is 2.18. The molecule has 25 heavy (non-hydrogen) atoms. The fourth-order valence-electron chi connectivity index (χ4n) is 2.49. The van der Waals surface area contributed by atoms with Crippen LogP contribution in [0.15, 0.2) is 47.2 Å². The number of carbonyl (C=O) groups excluding carboxylic acids is 1. The lowest BCUT2D eigenvalue weighted by Crippen LogP contribution is -2.27. The number of hydrogen-bond acceptors (Lipinski definition) is 5. The summed E-state index contributed by atoms with van der Waals surface area (Å²) >= 11 is 0. The van der Waals surface area contributed by atoms with Crippen LogP contribution in [0.3, 0.4) is 0 Å². The molecule has 0 unspecified atom stereocenters. The van der Waals surface area contributed by atoms with Gasteiger partial charge in [-0.25, -0.2) is 4.68 Å². The van der Waals surface area contributed by atoms with Crippen LogP contribution in [-0.4, -0.2) is 28.0 Å². The van der Waals surface area contributed by atoms with Crippen LogP contribution in [0.25, 0.3) is 5.69 Å². The molecule has 2 heterocycles. The molecule has 0 aliphatic carbocycles. The predicted molar refractivity (Wildman–Crippen MR) is 91.6 cm³/mol. The molecule has 0 radical (unpaired) electrons. The van der Waals surface area contributed by atoms with Crippen molar-refractivity contribution in [3.8, 4) is 11.4 Å². The Morgan fingerprint density at radius 2 is 2.24 bits per heavy atom. The van der Waals surface area contributed by atoms with Gasteiger partial charge in [-0.3, -0.25) is 4.79 Å². The molecule has 0 spiro atoms. The van der Waals surface area contributed by atoms with Crippen molar-refractivity contribution >= 4 is 5.91 Å². The number of nitrogens with one attached hydrogen (secondary N) is 1. The summed E-state index contributed by atoms with van der Waals surface area (Å²) in [4.78, 5) is 12.1. The number of hydrogen-bond donors (Lipinski definition) is 1. The van der Waals surface area contributed by atoms with Crippen molar-refractivity contribution in [3.05, 3.63) is 59.7 Å². The molecule has 0 aliphatic rings. The molecule has 3 rings (SSSR count). The third-order valence-electron chi connectivity index (χ3n) is 3.81. The second-order valence-electron chi connectivity index (χ2n) is 5.82. The van der Waals surface area contributed by atoms with Crippen LogP contribution in [0.2, 0.25) is 0 Å². The largest absolute Gasteiger partial charge is 0.497 e. The molecule has 0 saturated heterocycles. The second kappa shape index (κ2) is 7.21. The fourth-order valence-corrected chi connectivity index (χ4v) is 2.49. The second-order valence-corrected chi connectivity index (χ2v) is 5.82. The predicted octanol–water partition coefficient (Wildman–Crippen LogP) is 2.60. The molecule has 130 valence electrons. The maximum Gasteiger partial charge on any atom is 0.228 e. The molecule has 1 amide bonds. The van der Waals surface area contributed by atoms with Crippen LogP contribution in [-0.2, 0) is 11.2 Å². The Balaban J connectivity index is 1.65. The van der Waals surface area contributed by atoms with Gasteiger partial charge in [0.05, 0.1) is 37.2 Å². The zero-order valence-corrected chi connectivity index (χ0v) is 14.4. The standard InChI is InChI=1S/C18H20N4O3/c1-12-7-17(25-21-12)9-18(23)20-13(2)14-10-19-22(11-14)15-5-4-6-16(8-15)24-3/h4-8,10-11,13H,9H2,1-3H3,(H,20,23)/t13-/m0/s1. The van der Waals surface area contributed by atoms with E-state index in [9.17, 15) is 4.79 Å². The van der Waals surface area contributed by atoms with Gasteiger partial charge in [-0.05, 0) is 26.0 Å². The molecule has 1 N–H and O–H groups in total. The van der Waals surface area contributed by atoms with Crippen LogP contribution in [0.1, 0.15) is 30.0 Å². The van der Waals surface area contributed by atoms with Gasteiger partial charge in [-0.1, -0.05) is 11.2 Å². The highest BCUT2D eigenvalue weighted by atomic mass is 16.5. The van der Waals surface area contributed by atoms with Crippen molar-refractivity contribution in [1.82, 2.24) is 20.3 Å². The lowest BCUT2D eigenvalue weighted by molar-refractivity contribution is -0.121. The van der Waals surface area contributed by atoms with Crippen LogP contribution in [0.5, 0.6) is 5.75 Å². The van der Waals surface area contributed by atoms with Crippen molar-refractivity contribution in [1.29, 1.82) is 0 Å². The van der Waals surface area contributed by atoms with E-state index in [1.54, 1.807) is 24.1 Å². The molecule has 2 aromatic heterocycles. The third kappa shape index (κ3) is 4.06. The maximum atomic E-state index is 12.1.